The summed E-state index contributed by atoms with van der Waals surface area (Å²) >= 11 is 0. The molecule has 4 fully saturated rings. The fourth-order valence-electron chi connectivity index (χ4n) is 9.45. The van der Waals surface area contributed by atoms with Gasteiger partial charge >= 0.3 is 10.4 Å². The molecule has 0 radical (unpaired) electrons. The van der Waals surface area contributed by atoms with Gasteiger partial charge in [-0.05, 0) is 69.6 Å². The molecule has 0 aromatic carbocycles. The first kappa shape index (κ1) is 31.3. The van der Waals surface area contributed by atoms with Crippen LogP contribution in [0.5, 0.6) is 0 Å². The minimum absolute atomic E-state index is 0.0224. The molecule has 0 heterocycles. The highest BCUT2D eigenvalue weighted by molar-refractivity contribution is 7.80. The van der Waals surface area contributed by atoms with Gasteiger partial charge < -0.3 is 35.7 Å². The predicted molar refractivity (Wildman–Crippen MR) is 139 cm³/mol. The normalized spacial score (nSPS) is 51.1. The number of fused-ring (bicyclic) bond motifs is 5. The van der Waals surface area contributed by atoms with Gasteiger partial charge in [0.1, 0.15) is 29.0 Å². The molecule has 0 unspecified atom stereocenters. The lowest BCUT2D eigenvalue weighted by Crippen LogP contribution is -2.83. The number of hydrogen-bond donors (Lipinski definition) is 8. The number of hydrogen-bond acceptors (Lipinski definition) is 10. The Morgan fingerprint density at radius 3 is 2.28 bits per heavy atom. The second-order valence-corrected chi connectivity index (χ2v) is 14.4. The van der Waals surface area contributed by atoms with Crippen LogP contribution in [0.25, 0.3) is 0 Å². The summed E-state index contributed by atoms with van der Waals surface area (Å²) in [6.07, 6.45) is -2.87. The van der Waals surface area contributed by atoms with Crippen LogP contribution in [0.15, 0.2) is 11.6 Å². The van der Waals surface area contributed by atoms with Crippen LogP contribution in [0.3, 0.4) is 0 Å². The van der Waals surface area contributed by atoms with Crippen molar-refractivity contribution in [3.63, 3.8) is 0 Å². The molecule has 8 N–H and O–H groups in total. The Balaban J connectivity index is 1.78. The second kappa shape index (κ2) is 9.96. The summed E-state index contributed by atoms with van der Waals surface area (Å²) in [4.78, 5) is 0. The predicted octanol–water partition coefficient (Wildman–Crippen LogP) is 0.445. The average molecular weight is 579 g/mol. The van der Waals surface area contributed by atoms with E-state index >= 15 is 0 Å². The lowest BCUT2D eigenvalue weighted by Gasteiger charge is -2.71. The monoisotopic (exact) mass is 578 g/mol. The van der Waals surface area contributed by atoms with Crippen LogP contribution in [0, 0.1) is 28.6 Å². The molecule has 0 amide bonds. The third-order valence-corrected chi connectivity index (χ3v) is 12.0. The van der Waals surface area contributed by atoms with Crippen molar-refractivity contribution in [2.45, 2.75) is 120 Å². The van der Waals surface area contributed by atoms with Gasteiger partial charge in [-0.3, -0.25) is 4.55 Å². The van der Waals surface area contributed by atoms with Gasteiger partial charge in [0.2, 0.25) is 0 Å². The molecule has 0 aliphatic heterocycles. The van der Waals surface area contributed by atoms with E-state index in [-0.39, 0.29) is 37.7 Å². The van der Waals surface area contributed by atoms with Gasteiger partial charge in [0.25, 0.3) is 0 Å². The van der Waals surface area contributed by atoms with Crippen molar-refractivity contribution < 1.29 is 52.9 Å². The van der Waals surface area contributed by atoms with Gasteiger partial charge in [0.05, 0.1) is 18.8 Å². The summed E-state index contributed by atoms with van der Waals surface area (Å²) < 4.78 is 38.2. The Labute approximate surface area is 230 Å². The van der Waals surface area contributed by atoms with E-state index in [9.17, 15) is 48.7 Å². The quantitative estimate of drug-likeness (QED) is 0.154. The Morgan fingerprint density at radius 1 is 1.08 bits per heavy atom. The van der Waals surface area contributed by atoms with Crippen LogP contribution in [-0.2, 0) is 14.6 Å². The summed E-state index contributed by atoms with van der Waals surface area (Å²) in [5, 5.41) is 79.1. The Hall–Kier alpha value is -0.670. The third-order valence-electron chi connectivity index (χ3n) is 11.6. The van der Waals surface area contributed by atoms with E-state index in [4.69, 9.17) is 4.18 Å². The van der Waals surface area contributed by atoms with E-state index in [1.165, 1.54) is 0 Å². The number of rotatable bonds is 7. The Kier molecular flexibility index (Phi) is 7.99. The molecule has 0 spiro atoms. The van der Waals surface area contributed by atoms with Gasteiger partial charge in [-0.15, -0.1) is 0 Å². The van der Waals surface area contributed by atoms with Crippen molar-refractivity contribution in [3.8, 4) is 0 Å². The van der Waals surface area contributed by atoms with Crippen LogP contribution in [0.4, 0.5) is 0 Å². The molecule has 4 saturated carbocycles. The van der Waals surface area contributed by atoms with E-state index in [1.54, 1.807) is 6.92 Å². The van der Waals surface area contributed by atoms with Crippen LogP contribution < -0.4 is 0 Å². The van der Waals surface area contributed by atoms with E-state index in [1.807, 2.05) is 26.8 Å². The maximum Gasteiger partial charge on any atom is 0.397 e. The van der Waals surface area contributed by atoms with Gasteiger partial charge in [-0.1, -0.05) is 32.4 Å². The van der Waals surface area contributed by atoms with Crippen LogP contribution in [-0.4, -0.2) is 96.5 Å². The molecule has 0 saturated heterocycles. The first-order valence-corrected chi connectivity index (χ1v) is 15.3. The molecule has 4 rings (SSSR count). The molecule has 39 heavy (non-hydrogen) atoms. The van der Waals surface area contributed by atoms with Crippen molar-refractivity contribution in [2.24, 2.45) is 28.6 Å². The van der Waals surface area contributed by atoms with E-state index in [0.29, 0.717) is 19.3 Å². The first-order chi connectivity index (χ1) is 17.8. The van der Waals surface area contributed by atoms with E-state index < -0.39 is 74.8 Å². The summed E-state index contributed by atoms with van der Waals surface area (Å²) in [6, 6.07) is 0. The largest absolute Gasteiger partial charge is 0.397 e. The van der Waals surface area contributed by atoms with E-state index in [0.717, 1.165) is 12.0 Å². The molecule has 0 aromatic rings. The van der Waals surface area contributed by atoms with Gasteiger partial charge in [-0.25, -0.2) is 4.18 Å². The van der Waals surface area contributed by atoms with E-state index in [2.05, 4.69) is 0 Å². The number of aliphatic hydroxyl groups excluding tert-OH is 4. The Morgan fingerprint density at radius 2 is 1.69 bits per heavy atom. The van der Waals surface area contributed by atoms with Crippen molar-refractivity contribution in [3.05, 3.63) is 11.6 Å². The highest BCUT2D eigenvalue weighted by Gasteiger charge is 2.81. The zero-order valence-corrected chi connectivity index (χ0v) is 24.0. The van der Waals surface area contributed by atoms with Gasteiger partial charge in [0.15, 0.2) is 0 Å². The molecule has 0 bridgehead atoms. The second-order valence-electron chi connectivity index (χ2n) is 13.3. The van der Waals surface area contributed by atoms with Crippen LogP contribution in [0.1, 0.15) is 79.1 Å². The van der Waals surface area contributed by atoms with Crippen LogP contribution in [0.2, 0.25) is 0 Å². The highest BCUT2D eigenvalue weighted by Crippen LogP contribution is 2.72. The fraction of sp³-hybridized carbons (Fsp3) is 0.926. The first-order valence-electron chi connectivity index (χ1n) is 14.0. The summed E-state index contributed by atoms with van der Waals surface area (Å²) in [5.41, 5.74) is -8.24. The molecule has 226 valence electrons. The summed E-state index contributed by atoms with van der Waals surface area (Å²) in [6.45, 7) is 7.22. The Bertz CT molecular complexity index is 1080. The third kappa shape index (κ3) is 4.28. The molecule has 12 heteroatoms. The highest BCUT2D eigenvalue weighted by atomic mass is 32.3. The fourth-order valence-corrected chi connectivity index (χ4v) is 9.95. The SMILES string of the molecule is C/C(=C\CC[C@@H](C)[C@H]1C[C@H](O)[C@]2(O)[C@]1(C)CC[C@@H]1[C@@]3(C)CC[C@H](O)[C@H](O)[C@]3(O)[C@@H](OS(=O)(=O)O)C[C@]12O)CO. The average Bonchev–Trinajstić information content (AvgIpc) is 3.06. The maximum absolute atomic E-state index is 12.5. The van der Waals surface area contributed by atoms with Crippen molar-refractivity contribution in [1.29, 1.82) is 0 Å². The van der Waals surface area contributed by atoms with Gasteiger partial charge in [0, 0.05) is 17.3 Å². The molecule has 12 atom stereocenters. The molecule has 0 aromatic heterocycles. The van der Waals surface area contributed by atoms with Gasteiger partial charge in [-0.2, -0.15) is 8.42 Å². The minimum Gasteiger partial charge on any atom is -0.392 e. The van der Waals surface area contributed by atoms with Crippen LogP contribution >= 0.6 is 0 Å². The standard InChI is InChI=1S/C27H46O11S/c1-15(14-28)6-5-7-16(2)17-12-20(30)27(34)23(17,3)11-9-19-24(4)10-8-18(29)22(31)26(24,33)21(13-25(19,27)32)38-39(35,36)37/h6,16-22,28-34H,5,7-14H2,1-4H3,(H,35,36,37)/b15-6+/t16-,17-,18+,19-,20+,21+,22+,23-,24-,25+,26-,27+/m1/s1. The molecule has 4 aliphatic rings. The molecule has 4 aliphatic carbocycles. The number of aliphatic hydroxyl groups is 7. The molecular weight excluding hydrogens is 532 g/mol. The summed E-state index contributed by atoms with van der Waals surface area (Å²) in [7, 11) is -5.19. The maximum atomic E-state index is 12.5. The molecular formula is C27H46O11S. The van der Waals surface area contributed by atoms with Crippen molar-refractivity contribution in [2.75, 3.05) is 6.61 Å². The number of allylic oxidation sites excluding steroid dienone is 1. The lowest BCUT2D eigenvalue weighted by molar-refractivity contribution is -0.369. The topological polar surface area (TPSA) is 205 Å². The zero-order chi connectivity index (χ0) is 29.4. The minimum atomic E-state index is -5.19. The zero-order valence-electron chi connectivity index (χ0n) is 23.2. The summed E-state index contributed by atoms with van der Waals surface area (Å²) in [5.74, 6) is -1.08. The molecule has 11 nitrogen and oxygen atoms in total. The van der Waals surface area contributed by atoms with Crippen molar-refractivity contribution in [1.82, 2.24) is 0 Å². The van der Waals surface area contributed by atoms with Crippen molar-refractivity contribution >= 4 is 10.4 Å². The smallest absolute Gasteiger partial charge is 0.392 e. The lowest BCUT2D eigenvalue weighted by atomic mass is 9.38.